The largest absolute Gasteiger partial charge is 0.497 e. The number of aliphatic hydroxyl groups excluding tert-OH is 1. The third-order valence-electron chi connectivity index (χ3n) is 4.64. The minimum atomic E-state index is -0.205. The molecule has 130 valence electrons. The quantitative estimate of drug-likeness (QED) is 0.779. The second-order valence-corrected chi connectivity index (χ2v) is 6.23. The van der Waals surface area contributed by atoms with Crippen molar-refractivity contribution < 1.29 is 14.6 Å². The summed E-state index contributed by atoms with van der Waals surface area (Å²) in [6.07, 6.45) is 1.68. The van der Waals surface area contributed by atoms with E-state index >= 15 is 0 Å². The predicted molar refractivity (Wildman–Crippen MR) is 97.4 cm³/mol. The van der Waals surface area contributed by atoms with Crippen molar-refractivity contribution in [1.82, 2.24) is 5.32 Å². The third kappa shape index (κ3) is 4.48. The van der Waals surface area contributed by atoms with E-state index in [9.17, 15) is 4.79 Å². The van der Waals surface area contributed by atoms with E-state index in [1.807, 2.05) is 37.3 Å². The van der Waals surface area contributed by atoms with Crippen LogP contribution in [0.25, 0.3) is 10.8 Å². The van der Waals surface area contributed by atoms with Gasteiger partial charge < -0.3 is 15.2 Å². The zero-order chi connectivity index (χ0) is 17.5. The summed E-state index contributed by atoms with van der Waals surface area (Å²) in [6, 6.07) is 12.0. The Balaban J connectivity index is 2.06. The Morgan fingerprint density at radius 3 is 2.58 bits per heavy atom. The standard InChI is InChI=1S/C20H27NO3/c1-4-15(9-10-22)13-21-20(23)14(2)16-5-6-18-12-19(24-3)8-7-17(18)11-16/h5-8,11-12,14-15,22H,4,9-10,13H2,1-3H3,(H,21,23)/t14-,15?/m0/s1. The van der Waals surface area contributed by atoms with Gasteiger partial charge in [0.25, 0.3) is 0 Å². The van der Waals surface area contributed by atoms with Crippen LogP contribution in [0.1, 0.15) is 38.2 Å². The molecule has 4 heteroatoms. The fourth-order valence-electron chi connectivity index (χ4n) is 2.82. The lowest BCUT2D eigenvalue weighted by Crippen LogP contribution is -2.32. The van der Waals surface area contributed by atoms with Gasteiger partial charge in [-0.05, 0) is 47.7 Å². The van der Waals surface area contributed by atoms with Gasteiger partial charge in [0.15, 0.2) is 0 Å². The van der Waals surface area contributed by atoms with Crippen LogP contribution in [0.5, 0.6) is 5.75 Å². The Morgan fingerprint density at radius 2 is 1.92 bits per heavy atom. The predicted octanol–water partition coefficient (Wildman–Crippen LogP) is 3.48. The smallest absolute Gasteiger partial charge is 0.227 e. The summed E-state index contributed by atoms with van der Waals surface area (Å²) in [7, 11) is 1.66. The third-order valence-corrected chi connectivity index (χ3v) is 4.64. The molecule has 0 heterocycles. The fourth-order valence-corrected chi connectivity index (χ4v) is 2.82. The Bertz CT molecular complexity index is 684. The number of rotatable bonds is 8. The summed E-state index contributed by atoms with van der Waals surface area (Å²) in [4.78, 5) is 12.4. The van der Waals surface area contributed by atoms with Crippen molar-refractivity contribution in [2.24, 2.45) is 5.92 Å². The summed E-state index contributed by atoms with van der Waals surface area (Å²) in [5.41, 5.74) is 1.00. The number of aliphatic hydroxyl groups is 1. The molecule has 24 heavy (non-hydrogen) atoms. The van der Waals surface area contributed by atoms with Crippen LogP contribution in [0.2, 0.25) is 0 Å². The van der Waals surface area contributed by atoms with Crippen molar-refractivity contribution >= 4 is 16.7 Å². The van der Waals surface area contributed by atoms with Crippen LogP contribution in [0.15, 0.2) is 36.4 Å². The maximum atomic E-state index is 12.4. The monoisotopic (exact) mass is 329 g/mol. The molecule has 0 saturated heterocycles. The lowest BCUT2D eigenvalue weighted by atomic mass is 9.96. The number of hydrogen-bond acceptors (Lipinski definition) is 3. The number of hydrogen-bond donors (Lipinski definition) is 2. The molecule has 0 aliphatic heterocycles. The van der Waals surface area contributed by atoms with Crippen molar-refractivity contribution in [2.45, 2.75) is 32.6 Å². The number of ether oxygens (including phenoxy) is 1. The van der Waals surface area contributed by atoms with Gasteiger partial charge in [0.05, 0.1) is 13.0 Å². The molecule has 0 aromatic heterocycles. The summed E-state index contributed by atoms with van der Waals surface area (Å²) >= 11 is 0. The van der Waals surface area contributed by atoms with Gasteiger partial charge in [0, 0.05) is 13.2 Å². The highest BCUT2D eigenvalue weighted by Crippen LogP contribution is 2.25. The summed E-state index contributed by atoms with van der Waals surface area (Å²) < 4.78 is 5.24. The molecule has 4 nitrogen and oxygen atoms in total. The summed E-state index contributed by atoms with van der Waals surface area (Å²) in [5.74, 6) is 0.980. The Hall–Kier alpha value is -2.07. The van der Waals surface area contributed by atoms with Crippen LogP contribution >= 0.6 is 0 Å². The van der Waals surface area contributed by atoms with Gasteiger partial charge in [-0.15, -0.1) is 0 Å². The molecular formula is C20H27NO3. The highest BCUT2D eigenvalue weighted by atomic mass is 16.5. The average molecular weight is 329 g/mol. The van der Waals surface area contributed by atoms with Crippen LogP contribution in [0.3, 0.4) is 0 Å². The van der Waals surface area contributed by atoms with Crippen molar-refractivity contribution in [3.8, 4) is 5.75 Å². The topological polar surface area (TPSA) is 58.6 Å². The van der Waals surface area contributed by atoms with E-state index in [1.165, 1.54) is 0 Å². The summed E-state index contributed by atoms with van der Waals surface area (Å²) in [5, 5.41) is 14.2. The number of fused-ring (bicyclic) bond motifs is 1. The molecule has 2 N–H and O–H groups in total. The zero-order valence-electron chi connectivity index (χ0n) is 14.7. The molecule has 0 radical (unpaired) electrons. The minimum absolute atomic E-state index is 0.0271. The minimum Gasteiger partial charge on any atom is -0.497 e. The molecule has 0 saturated carbocycles. The van der Waals surface area contributed by atoms with Crippen LogP contribution in [-0.4, -0.2) is 31.3 Å². The van der Waals surface area contributed by atoms with Crippen LogP contribution in [0, 0.1) is 5.92 Å². The molecule has 2 aromatic carbocycles. The fraction of sp³-hybridized carbons (Fsp3) is 0.450. The molecule has 0 bridgehead atoms. The Morgan fingerprint density at radius 1 is 1.21 bits per heavy atom. The molecule has 1 unspecified atom stereocenters. The lowest BCUT2D eigenvalue weighted by Gasteiger charge is -2.17. The van der Waals surface area contributed by atoms with Gasteiger partial charge in [0.1, 0.15) is 5.75 Å². The highest BCUT2D eigenvalue weighted by Gasteiger charge is 2.17. The van der Waals surface area contributed by atoms with Gasteiger partial charge in [0.2, 0.25) is 5.91 Å². The first-order chi connectivity index (χ1) is 11.6. The first-order valence-electron chi connectivity index (χ1n) is 8.55. The van der Waals surface area contributed by atoms with E-state index < -0.39 is 0 Å². The van der Waals surface area contributed by atoms with Crippen molar-refractivity contribution in [2.75, 3.05) is 20.3 Å². The Kier molecular flexibility index (Phi) is 6.62. The molecule has 0 aliphatic rings. The average Bonchev–Trinajstić information content (AvgIpc) is 2.63. The Labute approximate surface area is 143 Å². The molecule has 0 fully saturated rings. The second-order valence-electron chi connectivity index (χ2n) is 6.23. The van der Waals surface area contributed by atoms with Crippen LogP contribution in [-0.2, 0) is 4.79 Å². The molecule has 2 rings (SSSR count). The summed E-state index contributed by atoms with van der Waals surface area (Å²) in [6.45, 7) is 4.78. The van der Waals surface area contributed by atoms with Gasteiger partial charge >= 0.3 is 0 Å². The molecule has 2 atom stereocenters. The number of carbonyl (C=O) groups excluding carboxylic acids is 1. The van der Waals surface area contributed by atoms with E-state index in [4.69, 9.17) is 9.84 Å². The number of amides is 1. The molecule has 0 aliphatic carbocycles. The molecular weight excluding hydrogens is 302 g/mol. The van der Waals surface area contributed by atoms with Gasteiger partial charge in [-0.25, -0.2) is 0 Å². The van der Waals surface area contributed by atoms with Gasteiger partial charge in [-0.2, -0.15) is 0 Å². The van der Waals surface area contributed by atoms with Crippen molar-refractivity contribution in [1.29, 1.82) is 0 Å². The first-order valence-corrected chi connectivity index (χ1v) is 8.55. The maximum Gasteiger partial charge on any atom is 0.227 e. The SMILES string of the molecule is CCC(CCO)CNC(=O)[C@@H](C)c1ccc2cc(OC)ccc2c1. The number of methoxy groups -OCH3 is 1. The highest BCUT2D eigenvalue weighted by molar-refractivity contribution is 5.88. The zero-order valence-corrected chi connectivity index (χ0v) is 14.7. The molecule has 1 amide bonds. The van der Waals surface area contributed by atoms with E-state index in [0.717, 1.165) is 34.9 Å². The first kappa shape index (κ1) is 18.3. The van der Waals surface area contributed by atoms with Crippen LogP contribution < -0.4 is 10.1 Å². The van der Waals surface area contributed by atoms with Crippen molar-refractivity contribution in [3.63, 3.8) is 0 Å². The normalized spacial score (nSPS) is 13.5. The van der Waals surface area contributed by atoms with E-state index in [1.54, 1.807) is 7.11 Å². The molecule has 2 aromatic rings. The molecule has 0 spiro atoms. The number of nitrogens with one attached hydrogen (secondary N) is 1. The van der Waals surface area contributed by atoms with Gasteiger partial charge in [-0.1, -0.05) is 37.6 Å². The lowest BCUT2D eigenvalue weighted by molar-refractivity contribution is -0.122. The maximum absolute atomic E-state index is 12.4. The number of benzene rings is 2. The van der Waals surface area contributed by atoms with Gasteiger partial charge in [-0.3, -0.25) is 4.79 Å². The van der Waals surface area contributed by atoms with Crippen LogP contribution in [0.4, 0.5) is 0 Å². The second kappa shape index (κ2) is 8.69. The number of carbonyl (C=O) groups is 1. The van der Waals surface area contributed by atoms with Crippen molar-refractivity contribution in [3.05, 3.63) is 42.0 Å². The van der Waals surface area contributed by atoms with E-state index in [0.29, 0.717) is 12.5 Å². The van der Waals surface area contributed by atoms with E-state index in [-0.39, 0.29) is 18.4 Å². The van der Waals surface area contributed by atoms with E-state index in [2.05, 4.69) is 18.3 Å².